The van der Waals surface area contributed by atoms with Gasteiger partial charge in [-0.1, -0.05) is 218 Å². The summed E-state index contributed by atoms with van der Waals surface area (Å²) in [4.78, 5) is 0. The molecule has 0 atom stereocenters. The summed E-state index contributed by atoms with van der Waals surface area (Å²) < 4.78 is 66.3. The second kappa shape index (κ2) is 15.4. The topological polar surface area (TPSA) is 4.93 Å². The molecule has 0 spiro atoms. The van der Waals surface area contributed by atoms with Gasteiger partial charge in [0, 0.05) is 42.1 Å². The molecule has 0 bridgehead atoms. The Morgan fingerprint density at radius 2 is 0.841 bits per heavy atom. The zero-order chi connectivity index (χ0) is 47.0. The van der Waals surface area contributed by atoms with E-state index in [0.717, 1.165) is 68.7 Å². The molecule has 0 amide bonds. The maximum Gasteiger partial charge on any atom is 0.179 e. The van der Waals surface area contributed by atoms with Crippen LogP contribution in [0, 0.1) is 0 Å². The Balaban J connectivity index is 1.25. The van der Waals surface area contributed by atoms with Gasteiger partial charge in [-0.25, -0.2) is 0 Å². The van der Waals surface area contributed by atoms with Crippen LogP contribution in [0.4, 0.5) is 0 Å². The second-order valence-corrected chi connectivity index (χ2v) is 20.7. The van der Waals surface area contributed by atoms with Crippen molar-refractivity contribution in [2.24, 2.45) is 0 Å². The molecule has 0 N–H and O–H groups in total. The molecule has 0 fully saturated rings. The van der Waals surface area contributed by atoms with Gasteiger partial charge in [0.1, 0.15) is 0 Å². The molecule has 2 heterocycles. The lowest BCUT2D eigenvalue weighted by molar-refractivity contribution is 1.19. The normalized spacial score (nSPS) is 13.1. The molecule has 0 radical (unpaired) electrons. The summed E-state index contributed by atoms with van der Waals surface area (Å²) in [5.74, 6) is 0. The third kappa shape index (κ3) is 6.04. The van der Waals surface area contributed by atoms with Gasteiger partial charge in [0.05, 0.1) is 24.9 Å². The van der Waals surface area contributed by atoms with Crippen LogP contribution < -0.4 is 20.7 Å². The highest BCUT2D eigenvalue weighted by molar-refractivity contribution is 7.26. The fourth-order valence-electron chi connectivity index (χ4n) is 9.62. The van der Waals surface area contributed by atoms with Gasteiger partial charge in [-0.15, -0.1) is 11.3 Å². The Morgan fingerprint density at radius 1 is 0.365 bits per heavy atom. The monoisotopic (exact) mass is 841 g/mol. The van der Waals surface area contributed by atoms with Crippen molar-refractivity contribution in [3.05, 3.63) is 249 Å². The van der Waals surface area contributed by atoms with Crippen molar-refractivity contribution in [2.75, 3.05) is 0 Å². The van der Waals surface area contributed by atoms with Crippen LogP contribution in [-0.4, -0.2) is 12.6 Å². The van der Waals surface area contributed by atoms with Gasteiger partial charge < -0.3 is 4.57 Å². The van der Waals surface area contributed by atoms with Gasteiger partial charge in [-0.3, -0.25) is 0 Å². The van der Waals surface area contributed by atoms with Gasteiger partial charge >= 0.3 is 0 Å². The van der Waals surface area contributed by atoms with Crippen molar-refractivity contribution in [1.82, 2.24) is 4.57 Å². The second-order valence-electron chi connectivity index (χ2n) is 15.8. The molecule has 63 heavy (non-hydrogen) atoms. The van der Waals surface area contributed by atoms with E-state index in [1.165, 1.54) is 0 Å². The number of benzene rings is 10. The number of nitrogens with zero attached hydrogens (tertiary/aromatic N) is 1. The standard InChI is InChI=1S/C60H41NSSi/c1-6-20-43(21-7-1)53-40-45(42-34-36-49(37-35-42)63(46-24-10-3-11-25-46,47-26-12-4-13-27-47)48-28-14-5-15-29-48)41-54(44-22-8-2-9-23-44)59(53)61-55-32-18-16-30-50(55)51-38-39-57-58(60(51)61)52-31-17-19-33-56(52)62-57/h1-41H/i34D,35D,36D,37D,40D,41D. The lowest BCUT2D eigenvalue weighted by Gasteiger charge is -2.34. The SMILES string of the molecule is [2H]c1c([2H])c([Si](c2ccccc2)(c2ccccc2)c2ccccc2)c([2H])c([2H])c1-c1c([2H])c(-c2ccccc2)c(-n2c3ccccc3c3ccc4sc5ccccc5c4c32)c(-c2ccccc2)c1[2H]. The third-order valence-corrected chi connectivity index (χ3v) is 18.1. The molecule has 0 saturated carbocycles. The molecule has 12 rings (SSSR count). The largest absolute Gasteiger partial charge is 0.307 e. The molecule has 2 aromatic heterocycles. The number of rotatable bonds is 8. The van der Waals surface area contributed by atoms with E-state index in [1.807, 2.05) is 164 Å². The predicted octanol–water partition coefficient (Wildman–Crippen LogP) is 13.5. The molecule has 10 aromatic carbocycles. The van der Waals surface area contributed by atoms with Crippen LogP contribution in [0.3, 0.4) is 0 Å². The van der Waals surface area contributed by atoms with Gasteiger partial charge in [0.25, 0.3) is 0 Å². The molecule has 296 valence electrons. The highest BCUT2D eigenvalue weighted by Crippen LogP contribution is 2.47. The number of fused-ring (bicyclic) bond motifs is 7. The van der Waals surface area contributed by atoms with Crippen molar-refractivity contribution in [3.63, 3.8) is 0 Å². The molecule has 0 saturated heterocycles. The van der Waals surface area contributed by atoms with Gasteiger partial charge in [0.15, 0.2) is 8.07 Å². The zero-order valence-corrected chi connectivity index (χ0v) is 35.9. The predicted molar refractivity (Wildman–Crippen MR) is 274 cm³/mol. The summed E-state index contributed by atoms with van der Waals surface area (Å²) in [6, 6.07) is 69.5. The lowest BCUT2D eigenvalue weighted by Crippen LogP contribution is -2.74. The van der Waals surface area contributed by atoms with Crippen molar-refractivity contribution >= 4 is 82.1 Å². The average Bonchev–Trinajstić information content (AvgIpc) is 3.95. The molecule has 1 nitrogen and oxygen atoms in total. The minimum Gasteiger partial charge on any atom is -0.307 e. The fraction of sp³-hybridized carbons (Fsp3) is 0. The molecule has 0 aliphatic rings. The first kappa shape index (κ1) is 31.3. The van der Waals surface area contributed by atoms with Crippen molar-refractivity contribution in [2.45, 2.75) is 0 Å². The zero-order valence-electron chi connectivity index (χ0n) is 40.1. The number of thiophene rings is 1. The number of hydrogen-bond acceptors (Lipinski definition) is 1. The van der Waals surface area contributed by atoms with Crippen LogP contribution in [0.1, 0.15) is 8.22 Å². The van der Waals surface area contributed by atoms with Gasteiger partial charge in [-0.2, -0.15) is 0 Å². The Bertz CT molecular complexity index is 3760. The van der Waals surface area contributed by atoms with E-state index in [4.69, 9.17) is 0 Å². The Kier molecular flexibility index (Phi) is 7.66. The fourth-order valence-corrected chi connectivity index (χ4v) is 15.2. The van der Waals surface area contributed by atoms with Crippen LogP contribution in [0.5, 0.6) is 0 Å². The smallest absolute Gasteiger partial charge is 0.179 e. The van der Waals surface area contributed by atoms with Crippen LogP contribution in [0.15, 0.2) is 249 Å². The summed E-state index contributed by atoms with van der Waals surface area (Å²) in [7, 11) is -3.58. The van der Waals surface area contributed by atoms with Crippen LogP contribution >= 0.6 is 11.3 Å². The van der Waals surface area contributed by atoms with E-state index < -0.39 is 8.07 Å². The Labute approximate surface area is 380 Å². The van der Waals surface area contributed by atoms with E-state index in [2.05, 4.69) is 53.1 Å². The van der Waals surface area contributed by atoms with E-state index in [1.54, 1.807) is 11.3 Å². The summed E-state index contributed by atoms with van der Waals surface area (Å²) in [5.41, 5.74) is 4.95. The molecule has 0 aliphatic heterocycles. The van der Waals surface area contributed by atoms with Crippen LogP contribution in [0.2, 0.25) is 0 Å². The Hall–Kier alpha value is -7.56. The van der Waals surface area contributed by atoms with Gasteiger partial charge in [0.2, 0.25) is 0 Å². The third-order valence-electron chi connectivity index (χ3n) is 12.4. The summed E-state index contributed by atoms with van der Waals surface area (Å²) in [6.07, 6.45) is 0. The first-order valence-electron chi connectivity index (χ1n) is 24.2. The van der Waals surface area contributed by atoms with Gasteiger partial charge in [-0.05, 0) is 73.3 Å². The first-order chi connectivity index (χ1) is 33.8. The van der Waals surface area contributed by atoms with Crippen LogP contribution in [-0.2, 0) is 0 Å². The Morgan fingerprint density at radius 3 is 1.40 bits per heavy atom. The molecule has 0 unspecified atom stereocenters. The summed E-state index contributed by atoms with van der Waals surface area (Å²) in [5, 5.41) is 7.35. The molecule has 12 aromatic rings. The van der Waals surface area contributed by atoms with E-state index in [-0.39, 0.29) is 47.4 Å². The average molecular weight is 842 g/mol. The van der Waals surface area contributed by atoms with Crippen molar-refractivity contribution < 1.29 is 8.22 Å². The maximum atomic E-state index is 10.5. The van der Waals surface area contributed by atoms with E-state index >= 15 is 0 Å². The summed E-state index contributed by atoms with van der Waals surface area (Å²) >= 11 is 1.74. The van der Waals surface area contributed by atoms with E-state index in [0.29, 0.717) is 22.0 Å². The first-order valence-corrected chi connectivity index (χ1v) is 24.0. The lowest BCUT2D eigenvalue weighted by atomic mass is 9.90. The highest BCUT2D eigenvalue weighted by Gasteiger charge is 2.41. The quantitative estimate of drug-likeness (QED) is 0.106. The molecular formula is C60H41NSSi. The molecular weight excluding hydrogens is 795 g/mol. The molecule has 3 heteroatoms. The number of aromatic nitrogens is 1. The summed E-state index contributed by atoms with van der Waals surface area (Å²) in [6.45, 7) is 0. The minimum absolute atomic E-state index is 0.0401. The minimum atomic E-state index is -3.58. The van der Waals surface area contributed by atoms with Crippen molar-refractivity contribution in [3.8, 4) is 39.1 Å². The number of hydrogen-bond donors (Lipinski definition) is 0. The number of para-hydroxylation sites is 1. The van der Waals surface area contributed by atoms with E-state index in [9.17, 15) is 8.22 Å². The van der Waals surface area contributed by atoms with Crippen molar-refractivity contribution in [1.29, 1.82) is 0 Å². The maximum absolute atomic E-state index is 10.5. The molecule has 0 aliphatic carbocycles. The highest BCUT2D eigenvalue weighted by atomic mass is 32.1. The van der Waals surface area contributed by atoms with Crippen LogP contribution in [0.25, 0.3) is 81.0 Å².